The predicted molar refractivity (Wildman–Crippen MR) is 362 cm³/mol. The largest absolute Gasteiger partial charge is 0.386 e. The molecule has 0 fully saturated rings. The number of aryl methyl sites for hydroxylation is 3. The Labute approximate surface area is 542 Å². The van der Waals surface area contributed by atoms with Gasteiger partial charge in [0.25, 0.3) is 0 Å². The van der Waals surface area contributed by atoms with Crippen LogP contribution in [-0.4, -0.2) is 119 Å². The molecule has 0 saturated carbocycles. The lowest BCUT2D eigenvalue weighted by Gasteiger charge is -2.19. The van der Waals surface area contributed by atoms with Crippen LogP contribution < -0.4 is 5.73 Å². The lowest BCUT2D eigenvalue weighted by molar-refractivity contribution is 0.0780. The monoisotopic (exact) mass is 1310 g/mol. The van der Waals surface area contributed by atoms with Crippen LogP contribution in [0.2, 0.25) is 0 Å². The van der Waals surface area contributed by atoms with Crippen molar-refractivity contribution in [1.29, 1.82) is 0 Å². The number of pyridine rings is 4. The van der Waals surface area contributed by atoms with Crippen molar-refractivity contribution in [2.75, 3.05) is 18.3 Å². The molecule has 0 bridgehead atoms. The summed E-state index contributed by atoms with van der Waals surface area (Å²) in [6.07, 6.45) is 16.4. The van der Waals surface area contributed by atoms with E-state index in [1.807, 2.05) is 98.6 Å². The Hall–Kier alpha value is -9.24. The first-order valence-corrected chi connectivity index (χ1v) is 35.1. The molecule has 1 atom stereocenters. The molecule has 3 aromatic carbocycles. The summed E-state index contributed by atoms with van der Waals surface area (Å²) in [6, 6.07) is 30.7. The molecule has 0 radical (unpaired) electrons. The van der Waals surface area contributed by atoms with Gasteiger partial charge in [0.2, 0.25) is 0 Å². The molecule has 1 unspecified atom stereocenters. The molecule has 22 nitrogen and oxygen atoms in total. The van der Waals surface area contributed by atoms with E-state index in [-0.39, 0.29) is 10.6 Å². The van der Waals surface area contributed by atoms with E-state index in [1.54, 1.807) is 144 Å². The molecule has 0 aliphatic rings. The summed E-state index contributed by atoms with van der Waals surface area (Å²) in [7, 11) is -7.76. The number of sulfone groups is 2. The van der Waals surface area contributed by atoms with Gasteiger partial charge in [-0.15, -0.1) is 0 Å². The maximum Gasteiger partial charge on any atom is 0.180 e. The van der Waals surface area contributed by atoms with Crippen molar-refractivity contribution >= 4 is 63.2 Å². The molecule has 12 aromatic rings. The van der Waals surface area contributed by atoms with E-state index in [9.17, 15) is 31.3 Å². The predicted octanol–water partition coefficient (Wildman–Crippen LogP) is 10.9. The maximum absolute atomic E-state index is 12.4. The van der Waals surface area contributed by atoms with E-state index in [4.69, 9.17) is 10.8 Å². The summed E-state index contributed by atoms with van der Waals surface area (Å²) in [5.74, 6) is 0.938. The van der Waals surface area contributed by atoms with Crippen molar-refractivity contribution in [3.05, 3.63) is 169 Å². The van der Waals surface area contributed by atoms with Crippen LogP contribution in [0.25, 0.3) is 101 Å². The van der Waals surface area contributed by atoms with E-state index in [2.05, 4.69) is 50.1 Å². The number of aliphatic hydroxyl groups is 2. The van der Waals surface area contributed by atoms with Crippen LogP contribution in [-0.2, 0) is 66.8 Å². The van der Waals surface area contributed by atoms with Crippen molar-refractivity contribution in [1.82, 2.24) is 69.2 Å². The lowest BCUT2D eigenvalue weighted by Crippen LogP contribution is -2.28. The highest BCUT2D eigenvalue weighted by molar-refractivity contribution is 7.91. The van der Waals surface area contributed by atoms with Gasteiger partial charge in [-0.3, -0.25) is 38.2 Å². The zero-order valence-electron chi connectivity index (χ0n) is 53.8. The molecule has 25 heteroatoms. The summed E-state index contributed by atoms with van der Waals surface area (Å²) in [4.78, 5) is 37.1. The Kier molecular flexibility index (Phi) is 18.9. The van der Waals surface area contributed by atoms with E-state index < -0.39 is 47.2 Å². The third-order valence-electron chi connectivity index (χ3n) is 15.6. The third-order valence-corrected chi connectivity index (χ3v) is 19.4. The lowest BCUT2D eigenvalue weighted by atomic mass is 9.95. The highest BCUT2D eigenvalue weighted by atomic mass is 32.2. The standard InChI is InChI=1S/C24H27N5O2S.C22H23N5O3S.C22H23N5O2S/c1-5-29-22-10-8-18(32(30,31)6-2)14-19(22)23(28-29)20-9-7-16(15-27-20)21-13-17(11-12-26-21)24(3,4)25;1-5-27-19-7-6-16(31(4,29)30)11-17(19)20(26-27)21-24-12-14(13-25-21)18-10-15(8-9-23-18)22(2,3)28;1-5-27-19-7-6-16(30(4)29)11-17(19)20(26-27)21-24-12-14(13-25-21)18-10-15(8-9-23-18)22(2,3)28/h7-15H,5-6,25H2,1-4H3;6-13,28H,5H2,1-4H3;6-13,28H,5H2,1-4H3. The van der Waals surface area contributed by atoms with Crippen LogP contribution in [0.5, 0.6) is 0 Å². The van der Waals surface area contributed by atoms with Crippen molar-refractivity contribution in [2.45, 2.75) is 120 Å². The van der Waals surface area contributed by atoms with Gasteiger partial charge < -0.3 is 15.9 Å². The number of benzene rings is 3. The number of nitrogens with two attached hydrogens (primary N) is 1. The Morgan fingerprint density at radius 3 is 1.28 bits per heavy atom. The zero-order valence-corrected chi connectivity index (χ0v) is 56.2. The summed E-state index contributed by atoms with van der Waals surface area (Å²) in [5, 5.41) is 36.8. The highest BCUT2D eigenvalue weighted by Gasteiger charge is 2.24. The highest BCUT2D eigenvalue weighted by Crippen LogP contribution is 2.34. The summed E-state index contributed by atoms with van der Waals surface area (Å²) in [6.45, 7) is 20.4. The van der Waals surface area contributed by atoms with Crippen LogP contribution in [0.15, 0.2) is 167 Å². The molecule has 0 aliphatic carbocycles. The van der Waals surface area contributed by atoms with Crippen LogP contribution >= 0.6 is 0 Å². The summed E-state index contributed by atoms with van der Waals surface area (Å²) >= 11 is 0. The minimum absolute atomic E-state index is 0.0500. The molecule has 93 heavy (non-hydrogen) atoms. The first kappa shape index (κ1) is 66.7. The van der Waals surface area contributed by atoms with E-state index >= 15 is 0 Å². The molecule has 0 amide bonds. The quantitative estimate of drug-likeness (QED) is 0.0809. The Morgan fingerprint density at radius 1 is 0.462 bits per heavy atom. The van der Waals surface area contributed by atoms with Crippen LogP contribution in [0.1, 0.15) is 85.9 Å². The SMILES string of the molecule is CCn1nc(-c2ccc(-c3cc(C(C)(C)N)ccn3)cn2)c2cc(S(=O)(=O)CC)ccc21.CCn1nc(-c2ncc(-c3cc(C(C)(C)O)ccn3)cn2)c2cc(S(C)(=O)=O)ccc21.CCn1nc(-c2ncc(-c3cc(C(C)(C)O)ccn3)cn2)c2cc(S(C)=O)ccc21. The first-order valence-electron chi connectivity index (χ1n) is 30.0. The normalized spacial score (nSPS) is 12.6. The molecule has 480 valence electrons. The molecular weight excluding hydrogens is 1240 g/mol. The first-order chi connectivity index (χ1) is 44.0. The average molecular weight is 1310 g/mol. The number of hydrogen-bond acceptors (Lipinski definition) is 19. The number of aromatic nitrogens is 14. The van der Waals surface area contributed by atoms with Crippen LogP contribution in [0.3, 0.4) is 0 Å². The molecule has 0 aliphatic heterocycles. The molecule has 4 N–H and O–H groups in total. The number of rotatable bonds is 16. The minimum atomic E-state index is -3.36. The van der Waals surface area contributed by atoms with Gasteiger partial charge in [0.1, 0.15) is 17.1 Å². The molecule has 0 spiro atoms. The fourth-order valence-corrected chi connectivity index (χ4v) is 12.4. The van der Waals surface area contributed by atoms with E-state index in [1.165, 1.54) is 6.26 Å². The second-order valence-electron chi connectivity index (χ2n) is 23.8. The van der Waals surface area contributed by atoms with Gasteiger partial charge in [-0.1, -0.05) is 6.92 Å². The molecular formula is C68H73N15O7S3. The van der Waals surface area contributed by atoms with Gasteiger partial charge in [0.05, 0.1) is 66.1 Å². The molecule has 12 rings (SSSR count). The Morgan fingerprint density at radius 2 is 0.860 bits per heavy atom. The van der Waals surface area contributed by atoms with Crippen molar-refractivity contribution in [3.8, 4) is 68.2 Å². The average Bonchev–Trinajstić information content (AvgIpc) is 1.66. The summed E-state index contributed by atoms with van der Waals surface area (Å²) < 4.78 is 66.3. The molecule has 9 aromatic heterocycles. The van der Waals surface area contributed by atoms with Gasteiger partial charge >= 0.3 is 0 Å². The Balaban J connectivity index is 0.000000153. The van der Waals surface area contributed by atoms with Crippen molar-refractivity contribution < 1.29 is 31.3 Å². The van der Waals surface area contributed by atoms with Gasteiger partial charge in [0.15, 0.2) is 31.3 Å². The summed E-state index contributed by atoms with van der Waals surface area (Å²) in [5.41, 5.74) is 15.9. The fraction of sp³-hybridized carbons (Fsp3) is 0.279. The molecule has 0 saturated heterocycles. The minimum Gasteiger partial charge on any atom is -0.386 e. The number of fused-ring (bicyclic) bond motifs is 3. The van der Waals surface area contributed by atoms with Crippen molar-refractivity contribution in [2.24, 2.45) is 5.73 Å². The second kappa shape index (κ2) is 26.4. The van der Waals surface area contributed by atoms with Crippen molar-refractivity contribution in [3.63, 3.8) is 0 Å². The van der Waals surface area contributed by atoms with Crippen LogP contribution in [0, 0.1) is 0 Å². The third kappa shape index (κ3) is 14.5. The maximum atomic E-state index is 12.4. The van der Waals surface area contributed by atoms with E-state index in [0.717, 1.165) is 65.7 Å². The Bertz CT molecular complexity index is 4990. The number of nitrogens with zero attached hydrogens (tertiary/aromatic N) is 14. The topological polar surface area (TPSA) is 308 Å². The van der Waals surface area contributed by atoms with Gasteiger partial charge in [-0.2, -0.15) is 15.3 Å². The second-order valence-corrected chi connectivity index (χ2v) is 29.5. The fourth-order valence-electron chi connectivity index (χ4n) is 10.3. The van der Waals surface area contributed by atoms with Gasteiger partial charge in [-0.25, -0.2) is 36.8 Å². The number of hydrogen-bond donors (Lipinski definition) is 3. The van der Waals surface area contributed by atoms with Gasteiger partial charge in [0, 0.05) is 136 Å². The van der Waals surface area contributed by atoms with Gasteiger partial charge in [-0.05, 0) is 182 Å². The smallest absolute Gasteiger partial charge is 0.180 e. The van der Waals surface area contributed by atoms with Crippen LogP contribution in [0.4, 0.5) is 0 Å². The molecule has 9 heterocycles. The van der Waals surface area contributed by atoms with E-state index in [0.29, 0.717) is 81.3 Å². The zero-order chi connectivity index (χ0) is 67.0.